The number of nitrogens with zero attached hydrogens (tertiary/aromatic N) is 3. The van der Waals surface area contributed by atoms with Gasteiger partial charge in [0.2, 0.25) is 0 Å². The zero-order chi connectivity index (χ0) is 20.4. The summed E-state index contributed by atoms with van der Waals surface area (Å²) < 4.78 is 6.06. The first-order valence-electron chi connectivity index (χ1n) is 10.8. The highest BCUT2D eigenvalue weighted by atomic mass is 16.5. The van der Waals surface area contributed by atoms with Gasteiger partial charge in [-0.25, -0.2) is 4.79 Å². The summed E-state index contributed by atoms with van der Waals surface area (Å²) in [6.07, 6.45) is 5.08. The van der Waals surface area contributed by atoms with Gasteiger partial charge in [0.1, 0.15) is 11.9 Å². The number of likely N-dealkylation sites (tertiary alicyclic amines) is 1. The van der Waals surface area contributed by atoms with E-state index in [0.29, 0.717) is 18.7 Å². The molecule has 3 fully saturated rings. The van der Waals surface area contributed by atoms with E-state index in [1.165, 1.54) is 19.3 Å². The number of hydrogen-bond donors (Lipinski definition) is 1. The van der Waals surface area contributed by atoms with Crippen molar-refractivity contribution in [3.63, 3.8) is 0 Å². The van der Waals surface area contributed by atoms with Crippen LogP contribution in [0.1, 0.15) is 41.6 Å². The van der Waals surface area contributed by atoms with Gasteiger partial charge in [0.25, 0.3) is 5.91 Å². The molecule has 0 spiro atoms. The lowest BCUT2D eigenvalue weighted by atomic mass is 9.91. The quantitative estimate of drug-likeness (QED) is 0.841. The molecule has 1 aliphatic carbocycles. The van der Waals surface area contributed by atoms with Gasteiger partial charge in [-0.2, -0.15) is 0 Å². The molecule has 3 amide bonds. The standard InChI is InChI=1S/C22H32N4O3/c1-16-13-17(21(27)23-2)7-8-20(16)29-19-14-26(15-19)22(28)25-10-4-9-24(11-12-25)18-5-3-6-18/h7-8,13,18-19H,3-6,9-12,14-15H2,1-2H3,(H,23,27). The first-order chi connectivity index (χ1) is 14.0. The Labute approximate surface area is 173 Å². The molecule has 2 aliphatic heterocycles. The maximum Gasteiger partial charge on any atom is 0.320 e. The number of hydrogen-bond acceptors (Lipinski definition) is 4. The van der Waals surface area contributed by atoms with Gasteiger partial charge in [-0.15, -0.1) is 0 Å². The lowest BCUT2D eigenvalue weighted by Gasteiger charge is -2.41. The number of aryl methyl sites for hydroxylation is 1. The highest BCUT2D eigenvalue weighted by Crippen LogP contribution is 2.27. The largest absolute Gasteiger partial charge is 0.486 e. The average Bonchev–Trinajstić information content (AvgIpc) is 2.89. The van der Waals surface area contributed by atoms with E-state index in [0.717, 1.165) is 50.0 Å². The van der Waals surface area contributed by atoms with Crippen molar-refractivity contribution in [3.8, 4) is 5.75 Å². The summed E-state index contributed by atoms with van der Waals surface area (Å²) in [7, 11) is 1.62. The van der Waals surface area contributed by atoms with Crippen molar-refractivity contribution in [2.24, 2.45) is 0 Å². The Morgan fingerprint density at radius 3 is 2.48 bits per heavy atom. The van der Waals surface area contributed by atoms with Crippen LogP contribution in [0.15, 0.2) is 18.2 Å². The predicted octanol–water partition coefficient (Wildman–Crippen LogP) is 2.10. The van der Waals surface area contributed by atoms with E-state index in [1.807, 2.05) is 28.9 Å². The average molecular weight is 401 g/mol. The molecule has 0 radical (unpaired) electrons. The minimum Gasteiger partial charge on any atom is -0.486 e. The van der Waals surface area contributed by atoms with Crippen molar-refractivity contribution < 1.29 is 14.3 Å². The third-order valence-electron chi connectivity index (χ3n) is 6.47. The Morgan fingerprint density at radius 1 is 1.03 bits per heavy atom. The van der Waals surface area contributed by atoms with Crippen LogP contribution >= 0.6 is 0 Å². The van der Waals surface area contributed by atoms with E-state index in [9.17, 15) is 9.59 Å². The van der Waals surface area contributed by atoms with Crippen molar-refractivity contribution >= 4 is 11.9 Å². The fourth-order valence-corrected chi connectivity index (χ4v) is 4.36. The van der Waals surface area contributed by atoms with E-state index < -0.39 is 0 Å². The third-order valence-corrected chi connectivity index (χ3v) is 6.47. The van der Waals surface area contributed by atoms with E-state index >= 15 is 0 Å². The Balaban J connectivity index is 1.25. The molecular weight excluding hydrogens is 368 g/mol. The Hall–Kier alpha value is -2.28. The Morgan fingerprint density at radius 2 is 1.83 bits per heavy atom. The summed E-state index contributed by atoms with van der Waals surface area (Å²) in [5, 5.41) is 2.63. The van der Waals surface area contributed by atoms with Crippen molar-refractivity contribution in [3.05, 3.63) is 29.3 Å². The van der Waals surface area contributed by atoms with Gasteiger partial charge in [0, 0.05) is 44.8 Å². The fraction of sp³-hybridized carbons (Fsp3) is 0.636. The lowest BCUT2D eigenvalue weighted by Crippen LogP contribution is -2.60. The number of rotatable bonds is 4. The summed E-state index contributed by atoms with van der Waals surface area (Å²) in [4.78, 5) is 31.1. The molecule has 2 heterocycles. The SMILES string of the molecule is CNC(=O)c1ccc(OC2CN(C(=O)N3CCCN(C4CCC4)CC3)C2)c(C)c1. The second-order valence-corrected chi connectivity index (χ2v) is 8.45. The number of benzene rings is 1. The molecule has 0 unspecified atom stereocenters. The highest BCUT2D eigenvalue weighted by molar-refractivity contribution is 5.94. The van der Waals surface area contributed by atoms with Crippen LogP contribution in [0.2, 0.25) is 0 Å². The van der Waals surface area contributed by atoms with Gasteiger partial charge >= 0.3 is 6.03 Å². The van der Waals surface area contributed by atoms with Crippen molar-refractivity contribution in [1.29, 1.82) is 0 Å². The van der Waals surface area contributed by atoms with Crippen LogP contribution in [0.4, 0.5) is 4.79 Å². The van der Waals surface area contributed by atoms with E-state index in [4.69, 9.17) is 4.74 Å². The number of nitrogens with one attached hydrogen (secondary N) is 1. The predicted molar refractivity (Wildman–Crippen MR) is 111 cm³/mol. The summed E-state index contributed by atoms with van der Waals surface area (Å²) in [6.45, 7) is 6.99. The lowest BCUT2D eigenvalue weighted by molar-refractivity contribution is 0.0305. The molecule has 7 heteroatoms. The van der Waals surface area contributed by atoms with Crippen LogP contribution in [0, 0.1) is 6.92 Å². The van der Waals surface area contributed by atoms with Gasteiger partial charge < -0.3 is 19.9 Å². The molecule has 0 bridgehead atoms. The molecule has 1 aromatic carbocycles. The molecule has 7 nitrogen and oxygen atoms in total. The van der Waals surface area contributed by atoms with Gasteiger partial charge in [-0.3, -0.25) is 9.69 Å². The van der Waals surface area contributed by atoms with E-state index in [2.05, 4.69) is 10.2 Å². The highest BCUT2D eigenvalue weighted by Gasteiger charge is 2.36. The molecule has 29 heavy (non-hydrogen) atoms. The van der Waals surface area contributed by atoms with E-state index in [1.54, 1.807) is 13.1 Å². The van der Waals surface area contributed by atoms with Gasteiger partial charge in [-0.05, 0) is 49.9 Å². The Bertz CT molecular complexity index is 758. The molecular formula is C22H32N4O3. The number of carbonyl (C=O) groups is 2. The molecule has 3 aliphatic rings. The maximum atomic E-state index is 12.8. The molecule has 1 saturated carbocycles. The molecule has 1 N–H and O–H groups in total. The second kappa shape index (κ2) is 8.61. The molecule has 4 rings (SSSR count). The molecule has 0 aromatic heterocycles. The fourth-order valence-electron chi connectivity index (χ4n) is 4.36. The minimum absolute atomic E-state index is 0.0157. The van der Waals surface area contributed by atoms with Gasteiger partial charge in [0.15, 0.2) is 0 Å². The van der Waals surface area contributed by atoms with Crippen LogP contribution in [0.5, 0.6) is 5.75 Å². The first-order valence-corrected chi connectivity index (χ1v) is 10.8. The van der Waals surface area contributed by atoms with Crippen molar-refractivity contribution in [1.82, 2.24) is 20.0 Å². The van der Waals surface area contributed by atoms with Gasteiger partial charge in [-0.1, -0.05) is 6.42 Å². The number of carbonyl (C=O) groups excluding carboxylic acids is 2. The van der Waals surface area contributed by atoms with Crippen LogP contribution in [0.3, 0.4) is 0 Å². The van der Waals surface area contributed by atoms with E-state index in [-0.39, 0.29) is 18.0 Å². The zero-order valence-electron chi connectivity index (χ0n) is 17.5. The minimum atomic E-state index is -0.103. The first kappa shape index (κ1) is 20.0. The normalized spacial score (nSPS) is 21.2. The summed E-state index contributed by atoms with van der Waals surface area (Å²) >= 11 is 0. The third kappa shape index (κ3) is 4.34. The van der Waals surface area contributed by atoms with Crippen LogP contribution in [0.25, 0.3) is 0 Å². The molecule has 158 valence electrons. The van der Waals surface area contributed by atoms with Crippen molar-refractivity contribution in [2.45, 2.75) is 44.8 Å². The maximum absolute atomic E-state index is 12.8. The number of urea groups is 1. The smallest absolute Gasteiger partial charge is 0.320 e. The summed E-state index contributed by atoms with van der Waals surface area (Å²) in [5.41, 5.74) is 1.55. The zero-order valence-corrected chi connectivity index (χ0v) is 17.5. The number of ether oxygens (including phenoxy) is 1. The summed E-state index contributed by atoms with van der Waals surface area (Å²) in [6, 6.07) is 6.35. The van der Waals surface area contributed by atoms with Crippen molar-refractivity contribution in [2.75, 3.05) is 46.3 Å². The summed E-state index contributed by atoms with van der Waals surface area (Å²) in [5.74, 6) is 0.675. The molecule has 2 saturated heterocycles. The second-order valence-electron chi connectivity index (χ2n) is 8.45. The molecule has 1 aromatic rings. The van der Waals surface area contributed by atoms with Gasteiger partial charge in [0.05, 0.1) is 13.1 Å². The topological polar surface area (TPSA) is 65.1 Å². The Kier molecular flexibility index (Phi) is 5.94. The van der Waals surface area contributed by atoms with Crippen LogP contribution < -0.4 is 10.1 Å². The molecule has 0 atom stereocenters. The number of amides is 3. The van der Waals surface area contributed by atoms with Crippen LogP contribution in [-0.2, 0) is 0 Å². The van der Waals surface area contributed by atoms with Crippen LogP contribution in [-0.4, -0.2) is 85.1 Å². The monoisotopic (exact) mass is 400 g/mol.